The zero-order chi connectivity index (χ0) is 19.4. The number of nitrogens with zero attached hydrogens (tertiary/aromatic N) is 5. The Morgan fingerprint density at radius 1 is 1.32 bits per heavy atom. The van der Waals surface area contributed by atoms with Gasteiger partial charge in [0, 0.05) is 42.6 Å². The Kier molecular flexibility index (Phi) is 3.82. The topological polar surface area (TPSA) is 108 Å². The summed E-state index contributed by atoms with van der Waals surface area (Å²) in [5, 5.41) is 10.1. The zero-order valence-electron chi connectivity index (χ0n) is 15.2. The smallest absolute Gasteiger partial charge is 0.217 e. The van der Waals surface area contributed by atoms with Crippen LogP contribution in [0.25, 0.3) is 22.3 Å². The molecule has 144 valence electrons. The maximum absolute atomic E-state index is 12.7. The Bertz CT molecular complexity index is 1190. The van der Waals surface area contributed by atoms with Gasteiger partial charge in [-0.1, -0.05) is 0 Å². The highest BCUT2D eigenvalue weighted by Gasteiger charge is 2.48. The molecule has 1 saturated heterocycles. The first-order chi connectivity index (χ1) is 13.5. The van der Waals surface area contributed by atoms with Gasteiger partial charge < -0.3 is 9.55 Å². The first-order valence-corrected chi connectivity index (χ1v) is 10.9. The Morgan fingerprint density at radius 3 is 2.96 bits per heavy atom. The van der Waals surface area contributed by atoms with Crippen molar-refractivity contribution in [1.82, 2.24) is 23.8 Å². The van der Waals surface area contributed by atoms with Crippen molar-refractivity contribution in [3.05, 3.63) is 37.1 Å². The molecule has 0 spiro atoms. The quantitative estimate of drug-likeness (QED) is 0.711. The fourth-order valence-corrected chi connectivity index (χ4v) is 6.06. The van der Waals surface area contributed by atoms with E-state index in [1.807, 2.05) is 35.3 Å². The fourth-order valence-electron chi connectivity index (χ4n) is 4.14. The Labute approximate surface area is 162 Å². The van der Waals surface area contributed by atoms with Crippen molar-refractivity contribution in [2.24, 2.45) is 0 Å². The molecular weight excluding hydrogens is 376 g/mol. The Hall–Kier alpha value is -2.70. The van der Waals surface area contributed by atoms with Gasteiger partial charge in [0.15, 0.2) is 0 Å². The van der Waals surface area contributed by atoms with Crippen LogP contribution in [0.15, 0.2) is 37.1 Å². The van der Waals surface area contributed by atoms with Crippen molar-refractivity contribution < 1.29 is 8.42 Å². The van der Waals surface area contributed by atoms with Crippen LogP contribution in [0, 0.1) is 11.3 Å². The molecule has 5 rings (SSSR count). The Morgan fingerprint density at radius 2 is 2.18 bits per heavy atom. The first kappa shape index (κ1) is 17.4. The van der Waals surface area contributed by atoms with Crippen LogP contribution in [0.5, 0.6) is 0 Å². The highest BCUT2D eigenvalue weighted by atomic mass is 32.2. The molecule has 28 heavy (non-hydrogen) atoms. The number of sulfonamides is 1. The summed E-state index contributed by atoms with van der Waals surface area (Å²) >= 11 is 0. The average molecular weight is 396 g/mol. The molecule has 0 bridgehead atoms. The van der Waals surface area contributed by atoms with E-state index >= 15 is 0 Å². The van der Waals surface area contributed by atoms with Crippen LogP contribution in [0.1, 0.15) is 25.7 Å². The second-order valence-corrected chi connectivity index (χ2v) is 9.87. The minimum Gasteiger partial charge on any atom is -0.346 e. The molecule has 1 aliphatic heterocycles. The fraction of sp³-hybridized carbons (Fsp3) is 0.421. The van der Waals surface area contributed by atoms with E-state index in [0.29, 0.717) is 19.5 Å². The van der Waals surface area contributed by atoms with E-state index < -0.39 is 15.6 Å². The van der Waals surface area contributed by atoms with Crippen molar-refractivity contribution >= 4 is 21.1 Å². The van der Waals surface area contributed by atoms with Crippen LogP contribution in [0.4, 0.5) is 0 Å². The molecule has 0 radical (unpaired) electrons. The van der Waals surface area contributed by atoms with Gasteiger partial charge in [0.2, 0.25) is 10.0 Å². The molecular formula is C19H20N6O2S. The van der Waals surface area contributed by atoms with Gasteiger partial charge in [0.1, 0.15) is 12.0 Å². The highest BCUT2D eigenvalue weighted by Crippen LogP contribution is 2.40. The van der Waals surface area contributed by atoms with E-state index in [-0.39, 0.29) is 11.7 Å². The van der Waals surface area contributed by atoms with E-state index in [1.165, 1.54) is 6.33 Å². The lowest BCUT2D eigenvalue weighted by Gasteiger charge is -2.29. The molecule has 1 unspecified atom stereocenters. The van der Waals surface area contributed by atoms with Gasteiger partial charge in [-0.25, -0.2) is 18.4 Å². The molecule has 2 fully saturated rings. The third kappa shape index (κ3) is 2.64. The number of fused-ring (bicyclic) bond motifs is 1. The predicted molar refractivity (Wildman–Crippen MR) is 104 cm³/mol. The molecule has 2 aliphatic rings. The molecule has 3 aromatic rings. The summed E-state index contributed by atoms with van der Waals surface area (Å²) in [5.74, 6) is 0. The lowest BCUT2D eigenvalue weighted by molar-refractivity contribution is 0.305. The van der Waals surface area contributed by atoms with Crippen LogP contribution in [-0.4, -0.2) is 50.6 Å². The van der Waals surface area contributed by atoms with Crippen molar-refractivity contribution in [3.63, 3.8) is 0 Å². The third-order valence-electron chi connectivity index (χ3n) is 5.88. The van der Waals surface area contributed by atoms with Gasteiger partial charge in [-0.15, -0.1) is 0 Å². The highest BCUT2D eigenvalue weighted by molar-refractivity contribution is 7.90. The van der Waals surface area contributed by atoms with Gasteiger partial charge in [-0.3, -0.25) is 0 Å². The number of hydrogen-bond donors (Lipinski definition) is 1. The normalized spacial score (nSPS) is 23.2. The van der Waals surface area contributed by atoms with Crippen LogP contribution in [-0.2, 0) is 15.6 Å². The zero-order valence-corrected chi connectivity index (χ0v) is 16.1. The molecule has 3 aromatic heterocycles. The summed E-state index contributed by atoms with van der Waals surface area (Å²) in [7, 11) is -3.24. The molecule has 4 heterocycles. The molecule has 0 aromatic carbocycles. The molecule has 1 aliphatic carbocycles. The molecule has 0 amide bonds. The van der Waals surface area contributed by atoms with Crippen LogP contribution >= 0.6 is 0 Å². The van der Waals surface area contributed by atoms with E-state index in [9.17, 15) is 13.7 Å². The summed E-state index contributed by atoms with van der Waals surface area (Å²) < 4.78 is 28.9. The van der Waals surface area contributed by atoms with E-state index in [4.69, 9.17) is 0 Å². The lowest BCUT2D eigenvalue weighted by Crippen LogP contribution is -2.39. The number of nitrogens with one attached hydrogen (secondary N) is 1. The Balaban J connectivity index is 1.51. The largest absolute Gasteiger partial charge is 0.346 e. The number of nitriles is 1. The minimum atomic E-state index is -3.24. The first-order valence-electron chi connectivity index (χ1n) is 9.36. The van der Waals surface area contributed by atoms with Gasteiger partial charge >= 0.3 is 0 Å². The van der Waals surface area contributed by atoms with Crippen LogP contribution in [0.3, 0.4) is 0 Å². The van der Waals surface area contributed by atoms with E-state index in [0.717, 1.165) is 35.1 Å². The summed E-state index contributed by atoms with van der Waals surface area (Å²) in [4.78, 5) is 11.7. The second kappa shape index (κ2) is 6.15. The number of rotatable bonds is 5. The van der Waals surface area contributed by atoms with Crippen molar-refractivity contribution in [2.45, 2.75) is 36.5 Å². The van der Waals surface area contributed by atoms with Gasteiger partial charge in [0.05, 0.1) is 29.0 Å². The maximum atomic E-state index is 12.7. The second-order valence-electron chi connectivity index (χ2n) is 7.66. The number of aromatic nitrogens is 4. The van der Waals surface area contributed by atoms with Crippen LogP contribution < -0.4 is 0 Å². The summed E-state index contributed by atoms with van der Waals surface area (Å²) in [6.07, 6.45) is 9.64. The molecule has 1 atom stereocenters. The van der Waals surface area contributed by atoms with Crippen molar-refractivity contribution in [3.8, 4) is 17.3 Å². The maximum Gasteiger partial charge on any atom is 0.217 e. The number of aromatic amines is 1. The SMILES string of the molecule is N#CCC1(n2ccc(-c3ncnc4[nH]ccc34)c2)CCN(S(=O)(=O)C2CC2)C1. The average Bonchev–Trinajstić information content (AvgIpc) is 3.11. The summed E-state index contributed by atoms with van der Waals surface area (Å²) in [6, 6.07) is 6.17. The van der Waals surface area contributed by atoms with Gasteiger partial charge in [0.25, 0.3) is 0 Å². The van der Waals surface area contributed by atoms with Gasteiger partial charge in [-0.2, -0.15) is 9.57 Å². The summed E-state index contributed by atoms with van der Waals surface area (Å²) in [6.45, 7) is 0.806. The molecule has 8 nitrogen and oxygen atoms in total. The number of hydrogen-bond acceptors (Lipinski definition) is 5. The van der Waals surface area contributed by atoms with Crippen LogP contribution in [0.2, 0.25) is 0 Å². The van der Waals surface area contributed by atoms with Gasteiger partial charge in [-0.05, 0) is 31.4 Å². The molecule has 1 N–H and O–H groups in total. The molecule has 1 saturated carbocycles. The monoisotopic (exact) mass is 396 g/mol. The third-order valence-corrected chi connectivity index (χ3v) is 8.22. The number of H-pyrrole nitrogens is 1. The lowest BCUT2D eigenvalue weighted by atomic mass is 9.94. The standard InChI is InChI=1S/C19H20N6O2S/c20-7-5-19(6-10-25(12-19)28(26,27)15-1-2-15)24-9-4-14(11-24)17-16-3-8-21-18(16)23-13-22-17/h3-4,8-9,11,13,15H,1-2,5-6,10,12H2,(H,21,22,23). The summed E-state index contributed by atoms with van der Waals surface area (Å²) in [5.41, 5.74) is 1.97. The minimum absolute atomic E-state index is 0.228. The van der Waals surface area contributed by atoms with E-state index in [2.05, 4.69) is 21.0 Å². The molecule has 9 heteroatoms. The van der Waals surface area contributed by atoms with Crippen molar-refractivity contribution in [2.75, 3.05) is 13.1 Å². The van der Waals surface area contributed by atoms with Crippen molar-refractivity contribution in [1.29, 1.82) is 5.26 Å². The predicted octanol–water partition coefficient (Wildman–Crippen LogP) is 2.23. The van der Waals surface area contributed by atoms with E-state index in [1.54, 1.807) is 4.31 Å².